The van der Waals surface area contributed by atoms with Crippen LogP contribution >= 0.6 is 0 Å². The third-order valence-electron chi connectivity index (χ3n) is 4.58. The highest BCUT2D eigenvalue weighted by atomic mass is 16.3. The van der Waals surface area contributed by atoms with Crippen molar-refractivity contribution in [1.82, 2.24) is 19.7 Å². The molecule has 2 aromatic rings. The van der Waals surface area contributed by atoms with Crippen molar-refractivity contribution in [3.8, 4) is 0 Å². The molecule has 0 radical (unpaired) electrons. The molecule has 0 unspecified atom stereocenters. The van der Waals surface area contributed by atoms with Crippen LogP contribution in [0.3, 0.4) is 0 Å². The average Bonchev–Trinajstić information content (AvgIpc) is 2.95. The molecule has 0 saturated carbocycles. The van der Waals surface area contributed by atoms with Crippen LogP contribution < -0.4 is 0 Å². The van der Waals surface area contributed by atoms with E-state index in [0.717, 1.165) is 10.5 Å². The molecule has 0 aliphatic carbocycles. The van der Waals surface area contributed by atoms with Crippen molar-refractivity contribution < 1.29 is 19.5 Å². The van der Waals surface area contributed by atoms with Crippen LogP contribution in [-0.2, 0) is 16.1 Å². The molecule has 8 heteroatoms. The number of urea groups is 1. The van der Waals surface area contributed by atoms with Crippen molar-refractivity contribution in [2.75, 3.05) is 26.7 Å². The fourth-order valence-electron chi connectivity index (χ4n) is 3.01. The Labute approximate surface area is 163 Å². The number of likely N-dealkylation sites (N-methyl/N-ethyl adjacent to an activating group) is 1. The van der Waals surface area contributed by atoms with Gasteiger partial charge in [-0.05, 0) is 23.3 Å². The van der Waals surface area contributed by atoms with Crippen LogP contribution in [0.25, 0.3) is 0 Å². The summed E-state index contributed by atoms with van der Waals surface area (Å²) in [5.74, 6) is -0.822. The fourth-order valence-corrected chi connectivity index (χ4v) is 3.01. The number of amides is 4. The number of carbonyl (C=O) groups excluding carboxylic acids is 3. The van der Waals surface area contributed by atoms with Crippen molar-refractivity contribution in [1.29, 1.82) is 0 Å². The van der Waals surface area contributed by atoms with Crippen molar-refractivity contribution in [2.24, 2.45) is 0 Å². The van der Waals surface area contributed by atoms with E-state index in [1.807, 2.05) is 18.2 Å². The maximum atomic E-state index is 12.9. The third kappa shape index (κ3) is 4.52. The van der Waals surface area contributed by atoms with Gasteiger partial charge in [-0.1, -0.05) is 30.3 Å². The van der Waals surface area contributed by atoms with Gasteiger partial charge in [-0.25, -0.2) is 4.79 Å². The largest absolute Gasteiger partial charge is 0.387 e. The van der Waals surface area contributed by atoms with Crippen LogP contribution in [0.5, 0.6) is 0 Å². The maximum Gasteiger partial charge on any atom is 0.327 e. The van der Waals surface area contributed by atoms with Gasteiger partial charge < -0.3 is 14.9 Å². The Morgan fingerprint density at radius 1 is 1.18 bits per heavy atom. The number of hydrogen-bond donors (Lipinski definition) is 1. The van der Waals surface area contributed by atoms with Crippen molar-refractivity contribution in [3.63, 3.8) is 0 Å². The molecule has 1 aromatic carbocycles. The second-order valence-electron chi connectivity index (χ2n) is 6.67. The lowest BCUT2D eigenvalue weighted by atomic mass is 10.1. The Bertz CT molecular complexity index is 844. The summed E-state index contributed by atoms with van der Waals surface area (Å²) < 4.78 is 0. The maximum absolute atomic E-state index is 12.9. The van der Waals surface area contributed by atoms with Gasteiger partial charge in [0.2, 0.25) is 5.91 Å². The normalized spacial score (nSPS) is 15.1. The summed E-state index contributed by atoms with van der Waals surface area (Å²) in [6, 6.07) is 12.1. The first kappa shape index (κ1) is 19.5. The van der Waals surface area contributed by atoms with E-state index < -0.39 is 23.9 Å². The lowest BCUT2D eigenvalue weighted by Crippen LogP contribution is -2.44. The first-order valence-corrected chi connectivity index (χ1v) is 8.91. The number of benzene rings is 1. The smallest absolute Gasteiger partial charge is 0.327 e. The highest BCUT2D eigenvalue weighted by Crippen LogP contribution is 2.17. The SMILES string of the molecule is CN1CC(=O)N(CC(=O)N(Cc2ccncc2)C[C@H](O)c2ccccc2)C1=O. The first-order chi connectivity index (χ1) is 13.5. The van der Waals surface area contributed by atoms with Crippen LogP contribution in [0.4, 0.5) is 4.79 Å². The second kappa shape index (κ2) is 8.62. The summed E-state index contributed by atoms with van der Waals surface area (Å²) >= 11 is 0. The van der Waals surface area contributed by atoms with Gasteiger partial charge in [0, 0.05) is 26.0 Å². The molecule has 146 valence electrons. The zero-order chi connectivity index (χ0) is 20.1. The lowest BCUT2D eigenvalue weighted by molar-refractivity contribution is -0.138. The summed E-state index contributed by atoms with van der Waals surface area (Å²) in [6.07, 6.45) is 2.35. The molecule has 0 bridgehead atoms. The molecule has 2 heterocycles. The average molecular weight is 382 g/mol. The Kier molecular flexibility index (Phi) is 6.00. The number of aromatic nitrogens is 1. The highest BCUT2D eigenvalue weighted by molar-refractivity contribution is 6.04. The molecule has 1 aliphatic rings. The number of hydrogen-bond acceptors (Lipinski definition) is 5. The van der Waals surface area contributed by atoms with Gasteiger partial charge in [0.05, 0.1) is 12.6 Å². The summed E-state index contributed by atoms with van der Waals surface area (Å²) in [6.45, 7) is -0.119. The standard InChI is InChI=1S/C20H22N4O4/c1-22-13-19(27)24(20(22)28)14-18(26)23(11-15-7-9-21-10-8-15)12-17(25)16-5-3-2-4-6-16/h2-10,17,25H,11-14H2,1H3/t17-/m0/s1. The van der Waals surface area contributed by atoms with Gasteiger partial charge >= 0.3 is 6.03 Å². The van der Waals surface area contributed by atoms with Crippen molar-refractivity contribution in [3.05, 3.63) is 66.0 Å². The van der Waals surface area contributed by atoms with Crippen LogP contribution in [0.2, 0.25) is 0 Å². The van der Waals surface area contributed by atoms with Crippen LogP contribution in [0, 0.1) is 0 Å². The molecule has 1 aliphatic heterocycles. The van der Waals surface area contributed by atoms with Crippen LogP contribution in [-0.4, -0.2) is 69.3 Å². The van der Waals surface area contributed by atoms with E-state index in [-0.39, 0.29) is 26.2 Å². The van der Waals surface area contributed by atoms with E-state index in [2.05, 4.69) is 4.98 Å². The van der Waals surface area contributed by atoms with Crippen LogP contribution in [0.15, 0.2) is 54.9 Å². The monoisotopic (exact) mass is 382 g/mol. The molecule has 1 aromatic heterocycles. The number of pyridine rings is 1. The lowest BCUT2D eigenvalue weighted by Gasteiger charge is -2.27. The Balaban J connectivity index is 1.76. The molecule has 0 spiro atoms. The van der Waals surface area contributed by atoms with Crippen molar-refractivity contribution in [2.45, 2.75) is 12.6 Å². The van der Waals surface area contributed by atoms with E-state index >= 15 is 0 Å². The molecule has 3 rings (SSSR count). The number of aliphatic hydroxyl groups excluding tert-OH is 1. The van der Waals surface area contributed by atoms with Crippen molar-refractivity contribution >= 4 is 17.8 Å². The first-order valence-electron chi connectivity index (χ1n) is 8.91. The topological polar surface area (TPSA) is 94.1 Å². The number of rotatable bonds is 7. The van der Waals surface area contributed by atoms with Crippen LogP contribution in [0.1, 0.15) is 17.2 Å². The van der Waals surface area contributed by atoms with Gasteiger partial charge in [0.25, 0.3) is 5.91 Å². The molecule has 1 atom stereocenters. The quantitative estimate of drug-likeness (QED) is 0.722. The summed E-state index contributed by atoms with van der Waals surface area (Å²) in [7, 11) is 1.51. The van der Waals surface area contributed by atoms with Gasteiger partial charge in [0.1, 0.15) is 13.1 Å². The molecule has 28 heavy (non-hydrogen) atoms. The van der Waals surface area contributed by atoms with E-state index in [9.17, 15) is 19.5 Å². The van der Waals surface area contributed by atoms with E-state index in [1.165, 1.54) is 16.8 Å². The summed E-state index contributed by atoms with van der Waals surface area (Å²) in [5, 5.41) is 10.6. The minimum atomic E-state index is -0.889. The molecule has 8 nitrogen and oxygen atoms in total. The molecule has 1 N–H and O–H groups in total. The minimum Gasteiger partial charge on any atom is -0.387 e. The Morgan fingerprint density at radius 3 is 2.46 bits per heavy atom. The van der Waals surface area contributed by atoms with E-state index in [4.69, 9.17) is 0 Å². The van der Waals surface area contributed by atoms with Gasteiger partial charge in [-0.3, -0.25) is 19.5 Å². The highest BCUT2D eigenvalue weighted by Gasteiger charge is 2.36. The number of nitrogens with zero attached hydrogens (tertiary/aromatic N) is 4. The number of carbonyl (C=O) groups is 3. The van der Waals surface area contributed by atoms with Gasteiger partial charge in [0.15, 0.2) is 0 Å². The number of imide groups is 1. The molecular formula is C20H22N4O4. The van der Waals surface area contributed by atoms with Gasteiger partial charge in [-0.2, -0.15) is 0 Å². The molecule has 1 saturated heterocycles. The zero-order valence-electron chi connectivity index (χ0n) is 15.6. The Hall–Kier alpha value is -3.26. The minimum absolute atomic E-state index is 0.0386. The zero-order valence-corrected chi connectivity index (χ0v) is 15.6. The van der Waals surface area contributed by atoms with E-state index in [1.54, 1.807) is 36.7 Å². The molecule has 4 amide bonds. The summed E-state index contributed by atoms with van der Waals surface area (Å²) in [4.78, 5) is 44.6. The summed E-state index contributed by atoms with van der Waals surface area (Å²) in [5.41, 5.74) is 1.52. The third-order valence-corrected chi connectivity index (χ3v) is 4.58. The molecule has 1 fully saturated rings. The predicted molar refractivity (Wildman–Crippen MR) is 101 cm³/mol. The number of aliphatic hydroxyl groups is 1. The van der Waals surface area contributed by atoms with Gasteiger partial charge in [-0.15, -0.1) is 0 Å². The predicted octanol–water partition coefficient (Wildman–Crippen LogP) is 1.04. The Morgan fingerprint density at radius 2 is 1.86 bits per heavy atom. The fraction of sp³-hybridized carbons (Fsp3) is 0.300. The molecular weight excluding hydrogens is 360 g/mol. The van der Waals surface area contributed by atoms with E-state index in [0.29, 0.717) is 5.56 Å². The second-order valence-corrected chi connectivity index (χ2v) is 6.67.